The van der Waals surface area contributed by atoms with Gasteiger partial charge in [-0.25, -0.2) is 9.67 Å². The number of allylic oxidation sites excluding steroid dienone is 4. The number of benzene rings is 1. The van der Waals surface area contributed by atoms with Crippen LogP contribution in [0.3, 0.4) is 0 Å². The Morgan fingerprint density at radius 1 is 1.20 bits per heavy atom. The predicted octanol–water partition coefficient (Wildman–Crippen LogP) is 6.21. The van der Waals surface area contributed by atoms with Crippen LogP contribution in [0.5, 0.6) is 0 Å². The fourth-order valence-corrected chi connectivity index (χ4v) is 3.96. The molecule has 4 heteroatoms. The van der Waals surface area contributed by atoms with Gasteiger partial charge in [0, 0.05) is 11.9 Å². The topological polar surface area (TPSA) is 42.7 Å². The van der Waals surface area contributed by atoms with Gasteiger partial charge in [-0.3, -0.25) is 0 Å². The number of aromatic nitrogens is 3. The molecule has 2 heterocycles. The lowest BCUT2D eigenvalue weighted by Gasteiger charge is -2.13. The van der Waals surface area contributed by atoms with Crippen LogP contribution in [-0.4, -0.2) is 21.3 Å². The standard InChI is InChI=1S/C26H30N4/c1-5-8-19(3)23-15-24(27-16-21-9-6-7-10-21)28-26-25(23)20(4)29-30(26)17-22-13-11-18(2)12-14-22/h6-7,9,11-15H,3,5,8,10,16-17H2,1-2,4H3,(H,27,28). The van der Waals surface area contributed by atoms with Crippen LogP contribution in [-0.2, 0) is 6.54 Å². The minimum Gasteiger partial charge on any atom is -0.366 e. The van der Waals surface area contributed by atoms with Crippen molar-refractivity contribution in [3.63, 3.8) is 0 Å². The fourth-order valence-electron chi connectivity index (χ4n) is 3.96. The summed E-state index contributed by atoms with van der Waals surface area (Å²) in [6.07, 6.45) is 9.52. The van der Waals surface area contributed by atoms with Gasteiger partial charge in [-0.2, -0.15) is 5.10 Å². The molecular weight excluding hydrogens is 368 g/mol. The number of nitrogens with one attached hydrogen (secondary N) is 1. The van der Waals surface area contributed by atoms with Crippen LogP contribution < -0.4 is 5.32 Å². The molecule has 1 N–H and O–H groups in total. The molecule has 4 rings (SSSR count). The highest BCUT2D eigenvalue weighted by Gasteiger charge is 2.17. The van der Waals surface area contributed by atoms with Crippen molar-refractivity contribution < 1.29 is 0 Å². The first kappa shape index (κ1) is 20.1. The van der Waals surface area contributed by atoms with Crippen LogP contribution in [0.2, 0.25) is 0 Å². The molecule has 30 heavy (non-hydrogen) atoms. The van der Waals surface area contributed by atoms with E-state index in [9.17, 15) is 0 Å². The van der Waals surface area contributed by atoms with Gasteiger partial charge in [0.25, 0.3) is 0 Å². The van der Waals surface area contributed by atoms with Crippen molar-refractivity contribution in [3.05, 3.63) is 83.1 Å². The van der Waals surface area contributed by atoms with E-state index >= 15 is 0 Å². The van der Waals surface area contributed by atoms with E-state index in [4.69, 9.17) is 10.1 Å². The minimum absolute atomic E-state index is 0.704. The number of hydrogen-bond acceptors (Lipinski definition) is 3. The van der Waals surface area contributed by atoms with Gasteiger partial charge in [0.05, 0.1) is 12.2 Å². The normalized spacial score (nSPS) is 13.1. The summed E-state index contributed by atoms with van der Waals surface area (Å²) >= 11 is 0. The van der Waals surface area contributed by atoms with Crippen LogP contribution in [0.1, 0.15) is 48.6 Å². The molecule has 0 aliphatic heterocycles. The van der Waals surface area contributed by atoms with Crippen molar-refractivity contribution in [2.45, 2.75) is 46.6 Å². The molecule has 2 aromatic heterocycles. The molecule has 0 radical (unpaired) electrons. The van der Waals surface area contributed by atoms with Crippen molar-refractivity contribution in [2.75, 3.05) is 11.9 Å². The number of pyridine rings is 1. The molecule has 0 bridgehead atoms. The molecule has 0 saturated heterocycles. The monoisotopic (exact) mass is 398 g/mol. The number of hydrogen-bond donors (Lipinski definition) is 1. The average molecular weight is 399 g/mol. The summed E-state index contributed by atoms with van der Waals surface area (Å²) < 4.78 is 2.03. The van der Waals surface area contributed by atoms with E-state index in [1.807, 2.05) is 4.68 Å². The number of aryl methyl sites for hydroxylation is 2. The van der Waals surface area contributed by atoms with Crippen molar-refractivity contribution in [3.8, 4) is 0 Å². The van der Waals surface area contributed by atoms with Crippen LogP contribution in [0.15, 0.2) is 60.7 Å². The van der Waals surface area contributed by atoms with Gasteiger partial charge in [0.15, 0.2) is 5.65 Å². The molecule has 0 atom stereocenters. The Labute approximate surface area is 179 Å². The molecule has 1 aliphatic carbocycles. The van der Waals surface area contributed by atoms with Gasteiger partial charge >= 0.3 is 0 Å². The quantitative estimate of drug-likeness (QED) is 0.491. The van der Waals surface area contributed by atoms with Crippen molar-refractivity contribution >= 4 is 22.4 Å². The van der Waals surface area contributed by atoms with Gasteiger partial charge in [-0.05, 0) is 55.0 Å². The molecule has 1 aliphatic rings. The lowest BCUT2D eigenvalue weighted by molar-refractivity contribution is 0.696. The molecule has 3 aromatic rings. The predicted molar refractivity (Wildman–Crippen MR) is 127 cm³/mol. The number of nitrogens with zero attached hydrogens (tertiary/aromatic N) is 3. The second-order valence-corrected chi connectivity index (χ2v) is 8.15. The van der Waals surface area contributed by atoms with E-state index in [1.54, 1.807) is 0 Å². The summed E-state index contributed by atoms with van der Waals surface area (Å²) in [6.45, 7) is 12.2. The first-order valence-corrected chi connectivity index (χ1v) is 10.8. The van der Waals surface area contributed by atoms with Crippen LogP contribution in [0.25, 0.3) is 16.6 Å². The Morgan fingerprint density at radius 3 is 2.70 bits per heavy atom. The SMILES string of the molecule is C=C(CCC)c1cc(NCC2=CC=CC2)nc2c1c(C)nn2Cc1ccc(C)cc1. The lowest BCUT2D eigenvalue weighted by Crippen LogP contribution is -2.08. The number of fused-ring (bicyclic) bond motifs is 1. The Morgan fingerprint density at radius 2 is 2.00 bits per heavy atom. The number of rotatable bonds is 8. The van der Waals surface area contributed by atoms with Crippen molar-refractivity contribution in [1.82, 2.24) is 14.8 Å². The average Bonchev–Trinajstić information content (AvgIpc) is 3.36. The van der Waals surface area contributed by atoms with E-state index in [0.29, 0.717) is 6.54 Å². The summed E-state index contributed by atoms with van der Waals surface area (Å²) in [5, 5.41) is 9.49. The zero-order valence-electron chi connectivity index (χ0n) is 18.2. The first-order valence-electron chi connectivity index (χ1n) is 10.8. The molecular formula is C26H30N4. The van der Waals surface area contributed by atoms with Crippen molar-refractivity contribution in [2.24, 2.45) is 0 Å². The summed E-state index contributed by atoms with van der Waals surface area (Å²) in [6, 6.07) is 10.8. The highest BCUT2D eigenvalue weighted by molar-refractivity contribution is 5.93. The number of anilines is 1. The van der Waals surface area contributed by atoms with E-state index in [-0.39, 0.29) is 0 Å². The summed E-state index contributed by atoms with van der Waals surface area (Å²) in [4.78, 5) is 4.97. The van der Waals surface area contributed by atoms with Crippen LogP contribution in [0.4, 0.5) is 5.82 Å². The molecule has 0 unspecified atom stereocenters. The van der Waals surface area contributed by atoms with Gasteiger partial charge in [-0.1, -0.05) is 68.0 Å². The maximum absolute atomic E-state index is 4.97. The molecule has 154 valence electrons. The summed E-state index contributed by atoms with van der Waals surface area (Å²) in [5.74, 6) is 0.882. The van der Waals surface area contributed by atoms with Crippen LogP contribution in [0, 0.1) is 13.8 Å². The van der Waals surface area contributed by atoms with Gasteiger partial charge in [0.1, 0.15) is 5.82 Å². The zero-order valence-corrected chi connectivity index (χ0v) is 18.2. The Balaban J connectivity index is 1.74. The zero-order chi connectivity index (χ0) is 21.1. The third-order valence-electron chi connectivity index (χ3n) is 5.61. The Bertz CT molecular complexity index is 1130. The van der Waals surface area contributed by atoms with E-state index in [2.05, 4.69) is 81.2 Å². The lowest BCUT2D eigenvalue weighted by atomic mass is 10.00. The molecule has 0 fully saturated rings. The van der Waals surface area contributed by atoms with Crippen LogP contribution >= 0.6 is 0 Å². The Hall–Kier alpha value is -3.14. The van der Waals surface area contributed by atoms with Gasteiger partial charge in [0.2, 0.25) is 0 Å². The second kappa shape index (κ2) is 8.70. The molecule has 0 spiro atoms. The maximum Gasteiger partial charge on any atom is 0.161 e. The largest absolute Gasteiger partial charge is 0.366 e. The molecule has 4 nitrogen and oxygen atoms in total. The fraction of sp³-hybridized carbons (Fsp3) is 0.308. The second-order valence-electron chi connectivity index (χ2n) is 8.15. The smallest absolute Gasteiger partial charge is 0.161 e. The van der Waals surface area contributed by atoms with Gasteiger partial charge in [-0.15, -0.1) is 0 Å². The minimum atomic E-state index is 0.704. The van der Waals surface area contributed by atoms with E-state index in [0.717, 1.165) is 59.5 Å². The molecule has 0 amide bonds. The highest BCUT2D eigenvalue weighted by atomic mass is 15.3. The molecule has 0 saturated carbocycles. The maximum atomic E-state index is 4.97. The summed E-state index contributed by atoms with van der Waals surface area (Å²) in [5.41, 5.74) is 8.09. The highest BCUT2D eigenvalue weighted by Crippen LogP contribution is 2.31. The first-order chi connectivity index (χ1) is 14.5. The summed E-state index contributed by atoms with van der Waals surface area (Å²) in [7, 11) is 0. The Kier molecular flexibility index (Phi) is 5.84. The van der Waals surface area contributed by atoms with Gasteiger partial charge < -0.3 is 5.32 Å². The molecule has 1 aromatic carbocycles. The third-order valence-corrected chi connectivity index (χ3v) is 5.61. The third kappa shape index (κ3) is 4.23. The van der Waals surface area contributed by atoms with E-state index < -0.39 is 0 Å². The van der Waals surface area contributed by atoms with Crippen molar-refractivity contribution in [1.29, 1.82) is 0 Å². The van der Waals surface area contributed by atoms with E-state index in [1.165, 1.54) is 16.7 Å².